The molecule has 2 amide bonds. The maximum atomic E-state index is 13.2. The Hall–Kier alpha value is -4.01. The van der Waals surface area contributed by atoms with E-state index < -0.39 is 6.29 Å². The maximum Gasteiger partial charge on any atom is 0.319 e. The molecular weight excluding hydrogens is 622 g/mol. The SMILES string of the molecule is O=C(Nc1ccc([C@@H]2O[C@H](CN(Cc3ccccc3)Cc3ccccc3)C[C@H](c3ccc(CO)cc3)O2)cc1)NC12CC3CC(CC(C3)C1)C2. The zero-order chi connectivity index (χ0) is 33.9. The molecule has 4 bridgehead atoms. The number of aliphatic hydroxyl groups excluding tert-OH is 1. The van der Waals surface area contributed by atoms with Crippen LogP contribution in [0.4, 0.5) is 10.5 Å². The molecule has 0 unspecified atom stereocenters. The first-order valence-corrected chi connectivity index (χ1v) is 18.5. The van der Waals surface area contributed by atoms with Gasteiger partial charge in [0.2, 0.25) is 0 Å². The number of anilines is 1. The van der Waals surface area contributed by atoms with Crippen molar-refractivity contribution in [1.82, 2.24) is 10.2 Å². The average Bonchev–Trinajstić information content (AvgIpc) is 3.12. The Balaban J connectivity index is 0.978. The second-order valence-electron chi connectivity index (χ2n) is 15.4. The first kappa shape index (κ1) is 33.2. The van der Waals surface area contributed by atoms with Crippen LogP contribution in [-0.2, 0) is 29.2 Å². The first-order chi connectivity index (χ1) is 24.5. The van der Waals surface area contributed by atoms with Crippen LogP contribution in [0.1, 0.15) is 85.2 Å². The quantitative estimate of drug-likeness (QED) is 0.149. The minimum atomic E-state index is -0.568. The van der Waals surface area contributed by atoms with Crippen LogP contribution < -0.4 is 10.6 Å². The van der Waals surface area contributed by atoms with E-state index in [9.17, 15) is 9.90 Å². The Morgan fingerprint density at radius 3 is 1.80 bits per heavy atom. The number of urea groups is 1. The summed E-state index contributed by atoms with van der Waals surface area (Å²) in [6, 6.07) is 37.0. The van der Waals surface area contributed by atoms with Crippen molar-refractivity contribution in [2.75, 3.05) is 11.9 Å². The summed E-state index contributed by atoms with van der Waals surface area (Å²) in [5.74, 6) is 2.33. The molecule has 1 saturated heterocycles. The molecule has 5 aliphatic rings. The Kier molecular flexibility index (Phi) is 9.74. The fraction of sp³-hybridized carbons (Fsp3) is 0.419. The third kappa shape index (κ3) is 7.82. The van der Waals surface area contributed by atoms with Crippen LogP contribution >= 0.6 is 0 Å². The molecule has 1 aliphatic heterocycles. The molecule has 260 valence electrons. The van der Waals surface area contributed by atoms with Crippen molar-refractivity contribution in [3.63, 3.8) is 0 Å². The van der Waals surface area contributed by atoms with Crippen molar-refractivity contribution in [3.8, 4) is 0 Å². The van der Waals surface area contributed by atoms with Crippen LogP contribution in [0.5, 0.6) is 0 Å². The van der Waals surface area contributed by atoms with Gasteiger partial charge in [0, 0.05) is 42.8 Å². The number of carbonyl (C=O) groups is 1. The molecule has 4 aromatic rings. The molecule has 4 aliphatic carbocycles. The maximum absolute atomic E-state index is 13.2. The number of hydrogen-bond acceptors (Lipinski definition) is 5. The van der Waals surface area contributed by atoms with Crippen molar-refractivity contribution in [2.45, 2.75) is 88.7 Å². The van der Waals surface area contributed by atoms with Gasteiger partial charge >= 0.3 is 6.03 Å². The highest BCUT2D eigenvalue weighted by atomic mass is 16.7. The average molecular weight is 672 g/mol. The van der Waals surface area contributed by atoms with E-state index in [1.807, 2.05) is 36.4 Å². The van der Waals surface area contributed by atoms with Crippen molar-refractivity contribution >= 4 is 11.7 Å². The van der Waals surface area contributed by atoms with Gasteiger partial charge in [0.25, 0.3) is 0 Å². The topological polar surface area (TPSA) is 83.1 Å². The van der Waals surface area contributed by atoms with Crippen LogP contribution in [0.15, 0.2) is 109 Å². The van der Waals surface area contributed by atoms with Gasteiger partial charge in [-0.25, -0.2) is 4.79 Å². The van der Waals surface area contributed by atoms with Gasteiger partial charge in [0.15, 0.2) is 6.29 Å². The van der Waals surface area contributed by atoms with E-state index >= 15 is 0 Å². The van der Waals surface area contributed by atoms with E-state index in [0.29, 0.717) is 6.42 Å². The molecule has 3 N–H and O–H groups in total. The lowest BCUT2D eigenvalue weighted by Crippen LogP contribution is -2.60. The Labute approximate surface area is 296 Å². The summed E-state index contributed by atoms with van der Waals surface area (Å²) in [6.45, 7) is 2.36. The summed E-state index contributed by atoms with van der Waals surface area (Å²) in [7, 11) is 0. The second kappa shape index (κ2) is 14.7. The van der Waals surface area contributed by atoms with E-state index in [1.165, 1.54) is 30.4 Å². The standard InChI is InChI=1S/C43H49N3O4/c47-29-32-11-13-36(14-12-32)40-22-39(28-46(26-30-7-3-1-4-8-30)27-31-9-5-2-6-10-31)49-41(50-40)37-15-17-38(18-16-37)44-42(48)45-43-23-33-19-34(24-43)21-35(20-33)25-43/h1-18,33-35,39-41,47H,19-29H2,(H2,44,45,48)/t33?,34?,35?,39-,40+,41+,43?/m0/s1. The van der Waals surface area contributed by atoms with Gasteiger partial charge < -0.3 is 25.2 Å². The zero-order valence-corrected chi connectivity index (χ0v) is 28.8. The van der Waals surface area contributed by atoms with Crippen LogP contribution in [0, 0.1) is 17.8 Å². The Bertz CT molecular complexity index is 1640. The van der Waals surface area contributed by atoms with Crippen molar-refractivity contribution in [1.29, 1.82) is 0 Å². The smallest absolute Gasteiger partial charge is 0.319 e. The largest absolute Gasteiger partial charge is 0.392 e. The molecule has 4 aromatic carbocycles. The van der Waals surface area contributed by atoms with Crippen LogP contribution in [0.25, 0.3) is 0 Å². The van der Waals surface area contributed by atoms with Crippen molar-refractivity contribution in [3.05, 3.63) is 137 Å². The number of nitrogens with one attached hydrogen (secondary N) is 2. The number of carbonyl (C=O) groups excluding carboxylic acids is 1. The molecule has 50 heavy (non-hydrogen) atoms. The van der Waals surface area contributed by atoms with Gasteiger partial charge in [-0.2, -0.15) is 0 Å². The second-order valence-corrected chi connectivity index (χ2v) is 15.4. The lowest BCUT2D eigenvalue weighted by atomic mass is 9.53. The van der Waals surface area contributed by atoms with Gasteiger partial charge in [-0.05, 0) is 90.7 Å². The summed E-state index contributed by atoms with van der Waals surface area (Å²) >= 11 is 0. The molecule has 4 saturated carbocycles. The van der Waals surface area contributed by atoms with Gasteiger partial charge in [0.1, 0.15) is 0 Å². The van der Waals surface area contributed by atoms with Crippen LogP contribution in [-0.4, -0.2) is 34.2 Å². The van der Waals surface area contributed by atoms with Gasteiger partial charge in [-0.3, -0.25) is 4.90 Å². The predicted molar refractivity (Wildman–Crippen MR) is 195 cm³/mol. The highest BCUT2D eigenvalue weighted by molar-refractivity contribution is 5.89. The fourth-order valence-corrected chi connectivity index (χ4v) is 9.58. The number of amides is 2. The van der Waals surface area contributed by atoms with E-state index in [-0.39, 0.29) is 30.4 Å². The third-order valence-corrected chi connectivity index (χ3v) is 11.4. The van der Waals surface area contributed by atoms with E-state index in [4.69, 9.17) is 9.47 Å². The van der Waals surface area contributed by atoms with Gasteiger partial charge in [0.05, 0.1) is 18.8 Å². The van der Waals surface area contributed by atoms with E-state index in [1.54, 1.807) is 0 Å². The van der Waals surface area contributed by atoms with Crippen molar-refractivity contribution in [2.24, 2.45) is 17.8 Å². The molecular formula is C43H49N3O4. The summed E-state index contributed by atoms with van der Waals surface area (Å²) in [5.41, 5.74) is 6.11. The lowest BCUT2D eigenvalue weighted by Gasteiger charge is -2.56. The number of aliphatic hydroxyl groups is 1. The number of rotatable bonds is 11. The number of hydrogen-bond donors (Lipinski definition) is 3. The Morgan fingerprint density at radius 1 is 0.680 bits per heavy atom. The van der Waals surface area contributed by atoms with Crippen molar-refractivity contribution < 1.29 is 19.4 Å². The molecule has 0 spiro atoms. The molecule has 1 heterocycles. The number of nitrogens with zero attached hydrogens (tertiary/aromatic N) is 1. The molecule has 5 fully saturated rings. The van der Waals surface area contributed by atoms with Gasteiger partial charge in [-0.1, -0.05) is 97.1 Å². The van der Waals surface area contributed by atoms with Crippen LogP contribution in [0.3, 0.4) is 0 Å². The monoisotopic (exact) mass is 671 g/mol. The first-order valence-electron chi connectivity index (χ1n) is 18.5. The molecule has 0 radical (unpaired) electrons. The highest BCUT2D eigenvalue weighted by Gasteiger charge is 2.51. The summed E-state index contributed by atoms with van der Waals surface area (Å²) in [4.78, 5) is 15.7. The minimum Gasteiger partial charge on any atom is -0.392 e. The number of ether oxygens (including phenoxy) is 2. The van der Waals surface area contributed by atoms with E-state index in [2.05, 4.69) is 88.3 Å². The highest BCUT2D eigenvalue weighted by Crippen LogP contribution is 2.55. The molecule has 7 heteroatoms. The molecule has 9 rings (SSSR count). The third-order valence-electron chi connectivity index (χ3n) is 11.4. The Morgan fingerprint density at radius 2 is 1.24 bits per heavy atom. The minimum absolute atomic E-state index is 0.00897. The molecule has 3 atom stereocenters. The predicted octanol–water partition coefficient (Wildman–Crippen LogP) is 8.52. The number of benzene rings is 4. The molecule has 7 nitrogen and oxygen atoms in total. The summed E-state index contributed by atoms with van der Waals surface area (Å²) in [6.07, 6.45) is 7.30. The fourth-order valence-electron chi connectivity index (χ4n) is 9.58. The summed E-state index contributed by atoms with van der Waals surface area (Å²) < 4.78 is 13.4. The summed E-state index contributed by atoms with van der Waals surface area (Å²) in [5, 5.41) is 16.2. The lowest BCUT2D eigenvalue weighted by molar-refractivity contribution is -0.253. The molecule has 0 aromatic heterocycles. The van der Waals surface area contributed by atoms with Crippen LogP contribution in [0.2, 0.25) is 0 Å². The normalized spacial score (nSPS) is 28.4. The van der Waals surface area contributed by atoms with Gasteiger partial charge in [-0.15, -0.1) is 0 Å². The van der Waals surface area contributed by atoms with E-state index in [0.717, 1.165) is 79.0 Å². The zero-order valence-electron chi connectivity index (χ0n) is 28.8.